The van der Waals surface area contributed by atoms with Crippen molar-refractivity contribution in [1.29, 1.82) is 0 Å². The number of fused-ring (bicyclic) bond motifs is 1. The van der Waals surface area contributed by atoms with Crippen molar-refractivity contribution >= 4 is 28.3 Å². The third-order valence-corrected chi connectivity index (χ3v) is 2.37. The minimum atomic E-state index is -1.17. The maximum Gasteiger partial charge on any atom is 0.352 e. The Morgan fingerprint density at radius 3 is 2.80 bits per heavy atom. The van der Waals surface area contributed by atoms with Gasteiger partial charge in [0.05, 0.1) is 10.4 Å². The van der Waals surface area contributed by atoms with Crippen molar-refractivity contribution in [3.05, 3.63) is 45.3 Å². The zero-order valence-corrected chi connectivity index (χ0v) is 8.21. The molecule has 0 saturated carbocycles. The highest BCUT2D eigenvalue weighted by molar-refractivity contribution is 6.35. The van der Waals surface area contributed by atoms with E-state index < -0.39 is 11.5 Å². The molecule has 1 aromatic carbocycles. The van der Waals surface area contributed by atoms with Gasteiger partial charge in [0.1, 0.15) is 5.69 Å². The molecule has 0 bridgehead atoms. The molecule has 2 N–H and O–H groups in total. The Bertz CT molecular complexity index is 603. The van der Waals surface area contributed by atoms with Crippen LogP contribution in [0.2, 0.25) is 5.02 Å². The van der Waals surface area contributed by atoms with Crippen LogP contribution in [0.3, 0.4) is 0 Å². The molecule has 0 saturated heterocycles. The zero-order valence-electron chi connectivity index (χ0n) is 7.45. The minimum absolute atomic E-state index is 0.144. The topological polar surface area (TPSA) is 70.2 Å². The quantitative estimate of drug-likeness (QED) is 0.776. The molecule has 5 heteroatoms. The zero-order chi connectivity index (χ0) is 11.0. The van der Waals surface area contributed by atoms with Gasteiger partial charge in [0, 0.05) is 0 Å². The molecule has 4 nitrogen and oxygen atoms in total. The average Bonchev–Trinajstić information content (AvgIpc) is 2.17. The number of carboxylic acid groups (broad SMARTS) is 1. The SMILES string of the molecule is O=C(O)c1cc2cccc(Cl)c2c(=O)[nH]1. The molecule has 0 aliphatic carbocycles. The molecule has 0 unspecified atom stereocenters. The lowest BCUT2D eigenvalue weighted by Crippen LogP contribution is -2.13. The summed E-state index contributed by atoms with van der Waals surface area (Å²) in [5.74, 6) is -1.17. The number of carboxylic acids is 1. The number of aromatic carboxylic acids is 1. The van der Waals surface area contributed by atoms with E-state index in [4.69, 9.17) is 16.7 Å². The predicted octanol–water partition coefficient (Wildman–Crippen LogP) is 1.88. The fraction of sp³-hybridized carbons (Fsp3) is 0. The van der Waals surface area contributed by atoms with Crippen LogP contribution in [-0.2, 0) is 0 Å². The van der Waals surface area contributed by atoms with Crippen LogP contribution in [0.15, 0.2) is 29.1 Å². The second-order valence-corrected chi connectivity index (χ2v) is 3.43. The molecule has 1 aromatic heterocycles. The minimum Gasteiger partial charge on any atom is -0.477 e. The molecule has 0 radical (unpaired) electrons. The van der Waals surface area contributed by atoms with Gasteiger partial charge in [-0.1, -0.05) is 23.7 Å². The van der Waals surface area contributed by atoms with Gasteiger partial charge in [-0.15, -0.1) is 0 Å². The van der Waals surface area contributed by atoms with Gasteiger partial charge in [-0.05, 0) is 17.5 Å². The van der Waals surface area contributed by atoms with E-state index in [-0.39, 0.29) is 5.69 Å². The van der Waals surface area contributed by atoms with Gasteiger partial charge in [0.15, 0.2) is 0 Å². The summed E-state index contributed by atoms with van der Waals surface area (Å²) < 4.78 is 0. The summed E-state index contributed by atoms with van der Waals surface area (Å²) in [6.07, 6.45) is 0. The summed E-state index contributed by atoms with van der Waals surface area (Å²) in [4.78, 5) is 24.5. The van der Waals surface area contributed by atoms with Gasteiger partial charge in [0.25, 0.3) is 5.56 Å². The number of hydrogen-bond donors (Lipinski definition) is 2. The summed E-state index contributed by atoms with van der Waals surface area (Å²) in [6, 6.07) is 6.27. The van der Waals surface area contributed by atoms with Crippen LogP contribution in [0, 0.1) is 0 Å². The monoisotopic (exact) mass is 223 g/mol. The van der Waals surface area contributed by atoms with Crippen LogP contribution in [-0.4, -0.2) is 16.1 Å². The van der Waals surface area contributed by atoms with E-state index in [1.807, 2.05) is 0 Å². The maximum atomic E-state index is 11.5. The highest BCUT2D eigenvalue weighted by Gasteiger charge is 2.09. The lowest BCUT2D eigenvalue weighted by molar-refractivity contribution is 0.0690. The fourth-order valence-corrected chi connectivity index (χ4v) is 1.66. The Labute approximate surface area is 89.1 Å². The summed E-state index contributed by atoms with van der Waals surface area (Å²) in [7, 11) is 0. The fourth-order valence-electron chi connectivity index (χ4n) is 1.39. The first kappa shape index (κ1) is 9.73. The Balaban J connectivity index is 2.91. The highest BCUT2D eigenvalue weighted by atomic mass is 35.5. The first-order valence-corrected chi connectivity index (χ1v) is 4.52. The van der Waals surface area contributed by atoms with Crippen LogP contribution < -0.4 is 5.56 Å². The number of nitrogens with one attached hydrogen (secondary N) is 1. The molecule has 76 valence electrons. The largest absolute Gasteiger partial charge is 0.477 e. The number of hydrogen-bond acceptors (Lipinski definition) is 2. The normalized spacial score (nSPS) is 10.5. The van der Waals surface area contributed by atoms with E-state index in [9.17, 15) is 9.59 Å². The number of H-pyrrole nitrogens is 1. The number of aromatic amines is 1. The second-order valence-electron chi connectivity index (χ2n) is 3.02. The highest BCUT2D eigenvalue weighted by Crippen LogP contribution is 2.19. The van der Waals surface area contributed by atoms with E-state index in [0.29, 0.717) is 15.8 Å². The Kier molecular flexibility index (Phi) is 2.21. The number of halogens is 1. The molecule has 0 atom stereocenters. The number of rotatable bonds is 1. The summed E-state index contributed by atoms with van der Waals surface area (Å²) in [5, 5.41) is 9.87. The molecule has 15 heavy (non-hydrogen) atoms. The maximum absolute atomic E-state index is 11.5. The van der Waals surface area contributed by atoms with Crippen molar-refractivity contribution in [3.8, 4) is 0 Å². The molecule has 0 aliphatic heterocycles. The number of pyridine rings is 1. The molecule has 0 amide bonds. The molecule has 0 spiro atoms. The van der Waals surface area contributed by atoms with Crippen molar-refractivity contribution in [2.24, 2.45) is 0 Å². The van der Waals surface area contributed by atoms with Gasteiger partial charge < -0.3 is 10.1 Å². The van der Waals surface area contributed by atoms with Crippen molar-refractivity contribution in [2.75, 3.05) is 0 Å². The van der Waals surface area contributed by atoms with Gasteiger partial charge in [0.2, 0.25) is 0 Å². The van der Waals surface area contributed by atoms with Crippen LogP contribution >= 0.6 is 11.6 Å². The average molecular weight is 224 g/mol. The molecule has 2 rings (SSSR count). The van der Waals surface area contributed by atoms with Crippen molar-refractivity contribution in [1.82, 2.24) is 4.98 Å². The van der Waals surface area contributed by atoms with E-state index in [0.717, 1.165) is 0 Å². The van der Waals surface area contributed by atoms with Crippen molar-refractivity contribution < 1.29 is 9.90 Å². The van der Waals surface area contributed by atoms with E-state index in [2.05, 4.69) is 4.98 Å². The third kappa shape index (κ3) is 1.59. The van der Waals surface area contributed by atoms with Gasteiger partial charge >= 0.3 is 5.97 Å². The lowest BCUT2D eigenvalue weighted by Gasteiger charge is -2.00. The van der Waals surface area contributed by atoms with E-state index in [1.54, 1.807) is 18.2 Å². The third-order valence-electron chi connectivity index (χ3n) is 2.05. The molecule has 1 heterocycles. The summed E-state index contributed by atoms with van der Waals surface area (Å²) in [6.45, 7) is 0. The van der Waals surface area contributed by atoms with E-state index >= 15 is 0 Å². The Morgan fingerprint density at radius 1 is 1.40 bits per heavy atom. The lowest BCUT2D eigenvalue weighted by atomic mass is 10.1. The first-order valence-electron chi connectivity index (χ1n) is 4.14. The van der Waals surface area contributed by atoms with Gasteiger partial charge in [-0.25, -0.2) is 4.79 Å². The van der Waals surface area contributed by atoms with Crippen LogP contribution in [0.25, 0.3) is 10.8 Å². The molecule has 0 fully saturated rings. The predicted molar refractivity (Wildman–Crippen MR) is 56.5 cm³/mol. The number of carbonyl (C=O) groups is 1. The van der Waals surface area contributed by atoms with Gasteiger partial charge in [-0.2, -0.15) is 0 Å². The van der Waals surface area contributed by atoms with Crippen LogP contribution in [0.5, 0.6) is 0 Å². The molecular weight excluding hydrogens is 218 g/mol. The summed E-state index contributed by atoms with van der Waals surface area (Å²) >= 11 is 5.83. The number of aromatic nitrogens is 1. The Morgan fingerprint density at radius 2 is 2.13 bits per heavy atom. The Hall–Kier alpha value is -1.81. The second kappa shape index (κ2) is 3.40. The summed E-state index contributed by atoms with van der Waals surface area (Å²) in [5.41, 5.74) is -0.634. The van der Waals surface area contributed by atoms with Crippen molar-refractivity contribution in [2.45, 2.75) is 0 Å². The molecule has 0 aliphatic rings. The van der Waals surface area contributed by atoms with Crippen molar-refractivity contribution in [3.63, 3.8) is 0 Å². The molecule has 2 aromatic rings. The smallest absolute Gasteiger partial charge is 0.352 e. The van der Waals surface area contributed by atoms with Crippen LogP contribution in [0.4, 0.5) is 0 Å². The van der Waals surface area contributed by atoms with Crippen LogP contribution in [0.1, 0.15) is 10.5 Å². The standard InChI is InChI=1S/C10H6ClNO3/c11-6-3-1-2-5-4-7(10(14)15)12-9(13)8(5)6/h1-4H,(H,12,13)(H,14,15). The first-order chi connectivity index (χ1) is 7.09. The van der Waals surface area contributed by atoms with E-state index in [1.165, 1.54) is 6.07 Å². The van der Waals surface area contributed by atoms with Gasteiger partial charge in [-0.3, -0.25) is 4.79 Å². The number of benzene rings is 1. The molecular formula is C10H6ClNO3.